The number of benzene rings is 1. The molecule has 0 fully saturated rings. The number of pyridine rings is 1. The van der Waals surface area contributed by atoms with Gasteiger partial charge in [-0.05, 0) is 42.8 Å². The molecular formula is C15H15ClF2N2. The van der Waals surface area contributed by atoms with Crippen LogP contribution in [0, 0.1) is 11.6 Å². The molecule has 5 heteroatoms. The van der Waals surface area contributed by atoms with Crippen LogP contribution in [0.25, 0.3) is 0 Å². The van der Waals surface area contributed by atoms with Crippen molar-refractivity contribution in [3.8, 4) is 0 Å². The van der Waals surface area contributed by atoms with Gasteiger partial charge in [0.2, 0.25) is 0 Å². The van der Waals surface area contributed by atoms with Gasteiger partial charge in [-0.15, -0.1) is 0 Å². The van der Waals surface area contributed by atoms with E-state index in [4.69, 9.17) is 11.6 Å². The minimum absolute atomic E-state index is 0.0813. The first-order valence-electron chi connectivity index (χ1n) is 6.39. The highest BCUT2D eigenvalue weighted by Crippen LogP contribution is 2.22. The molecule has 106 valence electrons. The van der Waals surface area contributed by atoms with Crippen LogP contribution in [0.2, 0.25) is 5.02 Å². The number of aromatic nitrogens is 1. The molecule has 0 saturated heterocycles. The fourth-order valence-corrected chi connectivity index (χ4v) is 2.19. The predicted molar refractivity (Wildman–Crippen MR) is 75.7 cm³/mol. The third kappa shape index (κ3) is 3.52. The minimum atomic E-state index is -0.471. The summed E-state index contributed by atoms with van der Waals surface area (Å²) in [6.45, 7) is 2.59. The first kappa shape index (κ1) is 14.9. The van der Waals surface area contributed by atoms with E-state index in [-0.39, 0.29) is 16.9 Å². The van der Waals surface area contributed by atoms with Crippen molar-refractivity contribution in [3.63, 3.8) is 0 Å². The molecule has 1 heterocycles. The van der Waals surface area contributed by atoms with Crippen LogP contribution in [-0.4, -0.2) is 11.5 Å². The van der Waals surface area contributed by atoms with Crippen molar-refractivity contribution in [1.29, 1.82) is 0 Å². The van der Waals surface area contributed by atoms with E-state index in [1.54, 1.807) is 18.3 Å². The second kappa shape index (κ2) is 6.77. The van der Waals surface area contributed by atoms with Gasteiger partial charge in [-0.2, -0.15) is 0 Å². The highest BCUT2D eigenvalue weighted by Gasteiger charge is 2.17. The van der Waals surface area contributed by atoms with Crippen LogP contribution in [0.3, 0.4) is 0 Å². The van der Waals surface area contributed by atoms with Crippen LogP contribution in [0.1, 0.15) is 24.2 Å². The zero-order chi connectivity index (χ0) is 14.5. The number of nitrogens with zero attached hydrogens (tertiary/aromatic N) is 1. The topological polar surface area (TPSA) is 24.9 Å². The van der Waals surface area contributed by atoms with Crippen LogP contribution in [0.15, 0.2) is 36.5 Å². The predicted octanol–water partition coefficient (Wildman–Crippen LogP) is 3.91. The molecule has 0 radical (unpaired) electrons. The van der Waals surface area contributed by atoms with Crippen LogP contribution in [0.4, 0.5) is 8.78 Å². The lowest BCUT2D eigenvalue weighted by Gasteiger charge is -2.18. The van der Waals surface area contributed by atoms with E-state index in [9.17, 15) is 8.78 Å². The molecule has 1 atom stereocenters. The standard InChI is InChI=1S/C15H15ClF2N2/c1-2-19-14(15-12(17)4-3-7-20-15)9-10-5-6-11(16)13(18)8-10/h3-8,14,19H,2,9H2,1H3. The first-order chi connectivity index (χ1) is 9.61. The number of halogens is 3. The second-order valence-electron chi connectivity index (χ2n) is 4.43. The number of hydrogen-bond acceptors (Lipinski definition) is 2. The van der Waals surface area contributed by atoms with Gasteiger partial charge in [0.05, 0.1) is 16.8 Å². The summed E-state index contributed by atoms with van der Waals surface area (Å²) in [7, 11) is 0. The van der Waals surface area contributed by atoms with Crippen LogP contribution >= 0.6 is 11.6 Å². The van der Waals surface area contributed by atoms with E-state index < -0.39 is 5.82 Å². The molecule has 0 aliphatic rings. The highest BCUT2D eigenvalue weighted by molar-refractivity contribution is 6.30. The highest BCUT2D eigenvalue weighted by atomic mass is 35.5. The number of rotatable bonds is 5. The summed E-state index contributed by atoms with van der Waals surface area (Å²) in [6.07, 6.45) is 1.99. The van der Waals surface area contributed by atoms with E-state index in [0.29, 0.717) is 18.7 Å². The van der Waals surface area contributed by atoms with Crippen molar-refractivity contribution < 1.29 is 8.78 Å². The van der Waals surface area contributed by atoms with Crippen molar-refractivity contribution in [2.24, 2.45) is 0 Å². The Morgan fingerprint density at radius 2 is 2.05 bits per heavy atom. The smallest absolute Gasteiger partial charge is 0.146 e. The van der Waals surface area contributed by atoms with Crippen molar-refractivity contribution in [2.45, 2.75) is 19.4 Å². The van der Waals surface area contributed by atoms with Crippen LogP contribution in [-0.2, 0) is 6.42 Å². The van der Waals surface area contributed by atoms with Gasteiger partial charge in [-0.3, -0.25) is 4.98 Å². The normalized spacial score (nSPS) is 12.4. The largest absolute Gasteiger partial charge is 0.309 e. The van der Waals surface area contributed by atoms with Gasteiger partial charge in [0.25, 0.3) is 0 Å². The maximum Gasteiger partial charge on any atom is 0.146 e. The third-order valence-electron chi connectivity index (χ3n) is 2.99. The van der Waals surface area contributed by atoms with Crippen molar-refractivity contribution in [1.82, 2.24) is 10.3 Å². The quantitative estimate of drug-likeness (QED) is 0.905. The number of hydrogen-bond donors (Lipinski definition) is 1. The fourth-order valence-electron chi connectivity index (χ4n) is 2.07. The average molecular weight is 297 g/mol. The summed E-state index contributed by atoms with van der Waals surface area (Å²) in [5.41, 5.74) is 1.08. The van der Waals surface area contributed by atoms with E-state index >= 15 is 0 Å². The summed E-state index contributed by atoms with van der Waals surface area (Å²) in [5, 5.41) is 3.25. The summed E-state index contributed by atoms with van der Waals surface area (Å²) in [4.78, 5) is 4.08. The zero-order valence-electron chi connectivity index (χ0n) is 11.0. The second-order valence-corrected chi connectivity index (χ2v) is 4.84. The molecule has 0 aliphatic carbocycles. The number of likely N-dealkylation sites (N-methyl/N-ethyl adjacent to an activating group) is 1. The lowest BCUT2D eigenvalue weighted by molar-refractivity contribution is 0.493. The SMILES string of the molecule is CCNC(Cc1ccc(Cl)c(F)c1)c1ncccc1F. The Morgan fingerprint density at radius 3 is 2.70 bits per heavy atom. The van der Waals surface area contributed by atoms with Gasteiger partial charge in [-0.25, -0.2) is 8.78 Å². The Morgan fingerprint density at radius 1 is 1.25 bits per heavy atom. The van der Waals surface area contributed by atoms with Crippen molar-refractivity contribution >= 4 is 11.6 Å². The molecule has 1 unspecified atom stereocenters. The van der Waals surface area contributed by atoms with E-state index in [1.165, 1.54) is 18.2 Å². The van der Waals surface area contributed by atoms with Crippen LogP contribution < -0.4 is 5.32 Å². The Kier molecular flexibility index (Phi) is 5.04. The number of nitrogens with one attached hydrogen (secondary N) is 1. The monoisotopic (exact) mass is 296 g/mol. The Labute approximate surface area is 121 Å². The van der Waals surface area contributed by atoms with E-state index in [2.05, 4.69) is 10.3 Å². The van der Waals surface area contributed by atoms with Gasteiger partial charge in [0.15, 0.2) is 0 Å². The first-order valence-corrected chi connectivity index (χ1v) is 6.77. The lowest BCUT2D eigenvalue weighted by atomic mass is 10.0. The lowest BCUT2D eigenvalue weighted by Crippen LogP contribution is -2.25. The van der Waals surface area contributed by atoms with Crippen LogP contribution in [0.5, 0.6) is 0 Å². The summed E-state index contributed by atoms with van der Waals surface area (Å²) in [5.74, 6) is -0.839. The maximum absolute atomic E-state index is 13.8. The summed E-state index contributed by atoms with van der Waals surface area (Å²) >= 11 is 5.66. The molecule has 0 aliphatic heterocycles. The summed E-state index contributed by atoms with van der Waals surface area (Å²) < 4.78 is 27.3. The van der Waals surface area contributed by atoms with Gasteiger partial charge in [0, 0.05) is 6.20 Å². The molecule has 1 aromatic carbocycles. The Hall–Kier alpha value is -1.52. The molecule has 0 spiro atoms. The zero-order valence-corrected chi connectivity index (χ0v) is 11.8. The van der Waals surface area contributed by atoms with E-state index in [0.717, 1.165) is 5.56 Å². The minimum Gasteiger partial charge on any atom is -0.309 e. The average Bonchev–Trinajstić information content (AvgIpc) is 2.43. The maximum atomic E-state index is 13.8. The molecule has 2 rings (SSSR count). The van der Waals surface area contributed by atoms with Crippen molar-refractivity contribution in [2.75, 3.05) is 6.54 Å². The third-order valence-corrected chi connectivity index (χ3v) is 3.30. The molecule has 1 aromatic heterocycles. The molecule has 2 nitrogen and oxygen atoms in total. The molecule has 2 aromatic rings. The molecule has 1 N–H and O–H groups in total. The molecule has 20 heavy (non-hydrogen) atoms. The van der Waals surface area contributed by atoms with E-state index in [1.807, 2.05) is 6.92 Å². The molecular weight excluding hydrogens is 282 g/mol. The molecule has 0 bridgehead atoms. The van der Waals surface area contributed by atoms with Gasteiger partial charge < -0.3 is 5.32 Å². The van der Waals surface area contributed by atoms with Crippen molar-refractivity contribution in [3.05, 3.63) is 64.4 Å². The summed E-state index contributed by atoms with van der Waals surface area (Å²) in [6, 6.07) is 7.22. The van der Waals surface area contributed by atoms with Gasteiger partial charge >= 0.3 is 0 Å². The van der Waals surface area contributed by atoms with Gasteiger partial charge in [0.1, 0.15) is 11.6 Å². The molecule has 0 amide bonds. The fraction of sp³-hybridized carbons (Fsp3) is 0.267. The van der Waals surface area contributed by atoms with Gasteiger partial charge in [-0.1, -0.05) is 24.6 Å². The molecule has 0 saturated carbocycles. The Balaban J connectivity index is 2.25. The Bertz CT molecular complexity index is 590.